The SMILES string of the molecule is C=C/C=C\C1=C(C)CC(NCCC2CCCCN2Cc2ccccc2)C1. The highest BCUT2D eigenvalue weighted by atomic mass is 15.2. The molecule has 2 heteroatoms. The maximum Gasteiger partial charge on any atom is 0.0236 e. The average molecular weight is 351 g/mol. The number of rotatable bonds is 8. The number of nitrogens with zero attached hydrogens (tertiary/aromatic N) is 1. The summed E-state index contributed by atoms with van der Waals surface area (Å²) in [6, 6.07) is 12.3. The Hall–Kier alpha value is -1.64. The fourth-order valence-corrected chi connectivity index (χ4v) is 4.42. The number of nitrogens with one attached hydrogen (secondary N) is 1. The lowest BCUT2D eigenvalue weighted by Crippen LogP contribution is -2.41. The zero-order valence-corrected chi connectivity index (χ0v) is 16.3. The smallest absolute Gasteiger partial charge is 0.0236 e. The predicted octanol–water partition coefficient (Wildman–Crippen LogP) is 5.24. The second kappa shape index (κ2) is 9.89. The lowest BCUT2D eigenvalue weighted by molar-refractivity contribution is 0.131. The molecule has 2 aliphatic rings. The maximum absolute atomic E-state index is 3.82. The number of hydrogen-bond acceptors (Lipinski definition) is 2. The minimum atomic E-state index is 0.616. The number of likely N-dealkylation sites (tertiary alicyclic amines) is 1. The zero-order chi connectivity index (χ0) is 18.2. The molecule has 1 aliphatic carbocycles. The van der Waals surface area contributed by atoms with Crippen molar-refractivity contribution in [2.24, 2.45) is 0 Å². The molecule has 1 fully saturated rings. The van der Waals surface area contributed by atoms with Gasteiger partial charge in [-0.2, -0.15) is 0 Å². The molecule has 0 saturated carbocycles. The Balaban J connectivity index is 1.44. The fraction of sp³-hybridized carbons (Fsp3) is 0.500. The van der Waals surface area contributed by atoms with Gasteiger partial charge < -0.3 is 5.32 Å². The number of benzene rings is 1. The summed E-state index contributed by atoms with van der Waals surface area (Å²) in [4.78, 5) is 2.71. The van der Waals surface area contributed by atoms with Crippen LogP contribution in [0.3, 0.4) is 0 Å². The summed E-state index contributed by atoms with van der Waals surface area (Å²) in [5.41, 5.74) is 4.47. The molecule has 1 aromatic rings. The van der Waals surface area contributed by atoms with Crippen LogP contribution in [0.1, 0.15) is 51.0 Å². The number of piperidine rings is 1. The molecule has 0 spiro atoms. The molecule has 2 atom stereocenters. The van der Waals surface area contributed by atoms with Gasteiger partial charge in [0.05, 0.1) is 0 Å². The van der Waals surface area contributed by atoms with Crippen molar-refractivity contribution in [3.05, 3.63) is 71.8 Å². The summed E-state index contributed by atoms with van der Waals surface area (Å²) in [5.74, 6) is 0. The second-order valence-electron chi connectivity index (χ2n) is 7.85. The highest BCUT2D eigenvalue weighted by molar-refractivity contribution is 5.32. The molecule has 0 radical (unpaired) electrons. The van der Waals surface area contributed by atoms with Crippen molar-refractivity contribution in [1.82, 2.24) is 10.2 Å². The van der Waals surface area contributed by atoms with E-state index in [-0.39, 0.29) is 0 Å². The van der Waals surface area contributed by atoms with E-state index in [1.807, 2.05) is 6.08 Å². The summed E-state index contributed by atoms with van der Waals surface area (Å²) in [6.45, 7) is 9.53. The molecule has 1 heterocycles. The molecular weight excluding hydrogens is 316 g/mol. The van der Waals surface area contributed by atoms with Crippen LogP contribution in [0, 0.1) is 0 Å². The second-order valence-corrected chi connectivity index (χ2v) is 7.85. The van der Waals surface area contributed by atoms with Crippen molar-refractivity contribution >= 4 is 0 Å². The summed E-state index contributed by atoms with van der Waals surface area (Å²) in [7, 11) is 0. The standard InChI is InChI=1S/C24H34N2/c1-3-4-12-22-18-23(17-20(22)2)25-15-14-24-13-8-9-16-26(24)19-21-10-6-5-7-11-21/h3-7,10-12,23-25H,1,8-9,13-19H2,2H3/b12-4-. The van der Waals surface area contributed by atoms with Gasteiger partial charge in [-0.3, -0.25) is 4.90 Å². The van der Waals surface area contributed by atoms with Crippen LogP contribution >= 0.6 is 0 Å². The highest BCUT2D eigenvalue weighted by Crippen LogP contribution is 2.27. The van der Waals surface area contributed by atoms with Crippen molar-refractivity contribution in [3.8, 4) is 0 Å². The van der Waals surface area contributed by atoms with E-state index in [9.17, 15) is 0 Å². The summed E-state index contributed by atoms with van der Waals surface area (Å²) < 4.78 is 0. The number of hydrogen-bond donors (Lipinski definition) is 1. The first-order valence-corrected chi connectivity index (χ1v) is 10.3. The van der Waals surface area contributed by atoms with Gasteiger partial charge in [0.1, 0.15) is 0 Å². The van der Waals surface area contributed by atoms with E-state index in [0.29, 0.717) is 6.04 Å². The van der Waals surface area contributed by atoms with Gasteiger partial charge in [-0.25, -0.2) is 0 Å². The fourth-order valence-electron chi connectivity index (χ4n) is 4.42. The molecule has 3 rings (SSSR count). The average Bonchev–Trinajstić information content (AvgIpc) is 3.02. The van der Waals surface area contributed by atoms with Crippen LogP contribution in [0.15, 0.2) is 66.3 Å². The van der Waals surface area contributed by atoms with Crippen molar-refractivity contribution in [3.63, 3.8) is 0 Å². The summed E-state index contributed by atoms with van der Waals surface area (Å²) in [5, 5.41) is 3.82. The first kappa shape index (κ1) is 19.1. The van der Waals surface area contributed by atoms with Crippen LogP contribution in [0.5, 0.6) is 0 Å². The third-order valence-electron chi connectivity index (χ3n) is 5.89. The lowest BCUT2D eigenvalue weighted by atomic mass is 9.98. The van der Waals surface area contributed by atoms with Gasteiger partial charge in [-0.05, 0) is 63.3 Å². The Labute approximate surface area is 159 Å². The Morgan fingerprint density at radius 2 is 2.04 bits per heavy atom. The molecule has 1 saturated heterocycles. The van der Waals surface area contributed by atoms with Gasteiger partial charge in [0.15, 0.2) is 0 Å². The van der Waals surface area contributed by atoms with Crippen LogP contribution in [0.4, 0.5) is 0 Å². The molecule has 2 nitrogen and oxygen atoms in total. The highest BCUT2D eigenvalue weighted by Gasteiger charge is 2.23. The van der Waals surface area contributed by atoms with Gasteiger partial charge in [-0.1, -0.05) is 67.1 Å². The quantitative estimate of drug-likeness (QED) is 0.645. The summed E-state index contributed by atoms with van der Waals surface area (Å²) in [6.07, 6.45) is 13.9. The van der Waals surface area contributed by atoms with Crippen LogP contribution < -0.4 is 5.32 Å². The molecular formula is C24H34N2. The Morgan fingerprint density at radius 3 is 2.85 bits per heavy atom. The molecule has 0 amide bonds. The molecule has 2 unspecified atom stereocenters. The lowest BCUT2D eigenvalue weighted by Gasteiger charge is -2.36. The van der Waals surface area contributed by atoms with Gasteiger partial charge in [0, 0.05) is 18.6 Å². The summed E-state index contributed by atoms with van der Waals surface area (Å²) >= 11 is 0. The molecule has 1 N–H and O–H groups in total. The van der Waals surface area contributed by atoms with Crippen LogP contribution in [-0.2, 0) is 6.54 Å². The van der Waals surface area contributed by atoms with Crippen molar-refractivity contribution in [2.75, 3.05) is 13.1 Å². The van der Waals surface area contributed by atoms with Gasteiger partial charge in [0.25, 0.3) is 0 Å². The van der Waals surface area contributed by atoms with E-state index in [4.69, 9.17) is 0 Å². The van der Waals surface area contributed by atoms with E-state index >= 15 is 0 Å². The minimum Gasteiger partial charge on any atom is -0.313 e. The van der Waals surface area contributed by atoms with Crippen LogP contribution in [0.2, 0.25) is 0 Å². The Kier molecular flexibility index (Phi) is 7.28. The van der Waals surface area contributed by atoms with Gasteiger partial charge in [0.2, 0.25) is 0 Å². The number of allylic oxidation sites excluding steroid dienone is 3. The predicted molar refractivity (Wildman–Crippen MR) is 112 cm³/mol. The molecule has 1 aliphatic heterocycles. The first-order chi connectivity index (χ1) is 12.8. The molecule has 0 aromatic heterocycles. The van der Waals surface area contributed by atoms with E-state index in [2.05, 4.69) is 66.2 Å². The van der Waals surface area contributed by atoms with E-state index in [0.717, 1.165) is 25.6 Å². The van der Waals surface area contributed by atoms with Gasteiger partial charge >= 0.3 is 0 Å². The zero-order valence-electron chi connectivity index (χ0n) is 16.3. The van der Waals surface area contributed by atoms with E-state index < -0.39 is 0 Å². The molecule has 0 bridgehead atoms. The largest absolute Gasteiger partial charge is 0.313 e. The van der Waals surface area contributed by atoms with E-state index in [1.54, 1.807) is 0 Å². The Bertz CT molecular complexity index is 629. The third kappa shape index (κ3) is 5.43. The first-order valence-electron chi connectivity index (χ1n) is 10.3. The van der Waals surface area contributed by atoms with Crippen molar-refractivity contribution in [1.29, 1.82) is 0 Å². The minimum absolute atomic E-state index is 0.616. The molecule has 26 heavy (non-hydrogen) atoms. The maximum atomic E-state index is 3.82. The topological polar surface area (TPSA) is 15.3 Å². The third-order valence-corrected chi connectivity index (χ3v) is 5.89. The van der Waals surface area contributed by atoms with Crippen molar-refractivity contribution < 1.29 is 0 Å². The molecule has 1 aromatic carbocycles. The normalized spacial score (nSPS) is 24.5. The monoisotopic (exact) mass is 350 g/mol. The van der Waals surface area contributed by atoms with Crippen LogP contribution in [0.25, 0.3) is 0 Å². The molecule has 140 valence electrons. The Morgan fingerprint density at radius 1 is 1.19 bits per heavy atom. The van der Waals surface area contributed by atoms with Crippen molar-refractivity contribution in [2.45, 2.75) is 64.1 Å². The van der Waals surface area contributed by atoms with Crippen LogP contribution in [-0.4, -0.2) is 30.1 Å². The van der Waals surface area contributed by atoms with E-state index in [1.165, 1.54) is 55.4 Å². The van der Waals surface area contributed by atoms with Gasteiger partial charge in [-0.15, -0.1) is 0 Å².